The van der Waals surface area contributed by atoms with E-state index >= 15 is 0 Å². The smallest absolute Gasteiger partial charge is 0.433 e. The Morgan fingerprint density at radius 2 is 2.23 bits per heavy atom. The van der Waals surface area contributed by atoms with E-state index in [1.54, 1.807) is 6.07 Å². The third-order valence-corrected chi connectivity index (χ3v) is 4.76. The highest BCUT2D eigenvalue weighted by Crippen LogP contribution is 2.33. The van der Waals surface area contributed by atoms with Gasteiger partial charge in [-0.05, 0) is 56.5 Å². The molecule has 26 heavy (non-hydrogen) atoms. The van der Waals surface area contributed by atoms with Crippen molar-refractivity contribution in [2.75, 3.05) is 18.4 Å². The summed E-state index contributed by atoms with van der Waals surface area (Å²) in [4.78, 5) is 11.2. The maximum atomic E-state index is 12.7. The molecule has 0 bridgehead atoms. The van der Waals surface area contributed by atoms with Crippen LogP contribution in [-0.4, -0.2) is 35.9 Å². The number of halogens is 2. The molecule has 0 radical (unpaired) electrons. The largest absolute Gasteiger partial charge is 0.434 e. The monoisotopic (exact) mass is 368 g/mol. The number of hydrogen-bond donors (Lipinski definition) is 3. The van der Waals surface area contributed by atoms with Crippen molar-refractivity contribution in [3.63, 3.8) is 0 Å². The highest BCUT2D eigenvalue weighted by molar-refractivity contribution is 5.67. The summed E-state index contributed by atoms with van der Waals surface area (Å²) in [7, 11) is 0. The molecule has 2 heterocycles. The molecule has 0 aliphatic carbocycles. The highest BCUT2D eigenvalue weighted by atomic mass is 19.3. The molecule has 0 unspecified atom stereocenters. The fourth-order valence-electron chi connectivity index (χ4n) is 3.46. The van der Waals surface area contributed by atoms with Crippen molar-refractivity contribution in [1.29, 1.82) is 0 Å². The van der Waals surface area contributed by atoms with E-state index in [9.17, 15) is 13.6 Å². The second kappa shape index (κ2) is 7.86. The Morgan fingerprint density at radius 3 is 2.88 bits per heavy atom. The van der Waals surface area contributed by atoms with Gasteiger partial charge in [-0.1, -0.05) is 6.92 Å². The minimum atomic E-state index is -2.93. The van der Waals surface area contributed by atoms with Crippen LogP contribution in [0.15, 0.2) is 27.4 Å². The summed E-state index contributed by atoms with van der Waals surface area (Å²) < 4.78 is 35.1. The minimum Gasteiger partial charge on any atom is -0.433 e. The zero-order valence-electron chi connectivity index (χ0n) is 14.6. The van der Waals surface area contributed by atoms with Crippen molar-refractivity contribution < 1.29 is 17.9 Å². The number of H-pyrrole nitrogens is 1. The Kier molecular flexibility index (Phi) is 5.55. The summed E-state index contributed by atoms with van der Waals surface area (Å²) in [6.07, 6.45) is 0.994. The van der Waals surface area contributed by atoms with Gasteiger partial charge in [-0.3, -0.25) is 0 Å². The van der Waals surface area contributed by atoms with Gasteiger partial charge in [-0.25, -0.2) is 9.89 Å². The van der Waals surface area contributed by atoms with Gasteiger partial charge in [0.1, 0.15) is 5.75 Å². The standard InChI is InChI=1S/C17H22F2N4O3/c1-9-8-20-6-5-12(9)10(2)21-13-7-11(15-22-23-17(24)26-15)3-4-14(13)25-16(18)19/h3-4,7,9-10,12,16,20-21H,5-6,8H2,1-2H3,(H,23,24)/t9-,10+,12+/m1/s1. The van der Waals surface area contributed by atoms with E-state index in [0.29, 0.717) is 23.1 Å². The Balaban J connectivity index is 1.87. The summed E-state index contributed by atoms with van der Waals surface area (Å²) in [6.45, 7) is 3.12. The van der Waals surface area contributed by atoms with Gasteiger partial charge in [-0.2, -0.15) is 8.78 Å². The fraction of sp³-hybridized carbons (Fsp3) is 0.529. The molecular formula is C17H22F2N4O3. The number of anilines is 1. The fourth-order valence-corrected chi connectivity index (χ4v) is 3.46. The number of benzene rings is 1. The van der Waals surface area contributed by atoms with Gasteiger partial charge in [0.2, 0.25) is 5.89 Å². The number of ether oxygens (including phenoxy) is 1. The molecule has 2 aromatic rings. The van der Waals surface area contributed by atoms with Crippen molar-refractivity contribution >= 4 is 5.69 Å². The summed E-state index contributed by atoms with van der Waals surface area (Å²) in [5.74, 6) is 0.291. The lowest BCUT2D eigenvalue weighted by Gasteiger charge is -2.35. The van der Waals surface area contributed by atoms with Crippen LogP contribution in [0.25, 0.3) is 11.5 Å². The Hall–Kier alpha value is -2.42. The van der Waals surface area contributed by atoms with E-state index in [0.717, 1.165) is 19.5 Å². The molecular weight excluding hydrogens is 346 g/mol. The molecule has 142 valence electrons. The van der Waals surface area contributed by atoms with Gasteiger partial charge >= 0.3 is 12.4 Å². The minimum absolute atomic E-state index is 0.0371. The average Bonchev–Trinajstić information content (AvgIpc) is 3.03. The van der Waals surface area contributed by atoms with E-state index in [1.165, 1.54) is 12.1 Å². The molecule has 1 aliphatic heterocycles. The van der Waals surface area contributed by atoms with Crippen molar-refractivity contribution in [2.45, 2.75) is 32.9 Å². The van der Waals surface area contributed by atoms with Crippen LogP contribution in [0.3, 0.4) is 0 Å². The molecule has 1 fully saturated rings. The number of piperidine rings is 1. The van der Waals surface area contributed by atoms with E-state index in [2.05, 4.69) is 32.5 Å². The first-order valence-corrected chi connectivity index (χ1v) is 8.56. The summed E-state index contributed by atoms with van der Waals surface area (Å²) in [6, 6.07) is 4.57. The van der Waals surface area contributed by atoms with Gasteiger partial charge in [0.05, 0.1) is 5.69 Å². The van der Waals surface area contributed by atoms with Crippen molar-refractivity contribution in [3.8, 4) is 17.2 Å². The number of nitrogens with one attached hydrogen (secondary N) is 3. The molecule has 1 aromatic heterocycles. The number of aromatic nitrogens is 2. The van der Waals surface area contributed by atoms with Crippen molar-refractivity contribution in [2.24, 2.45) is 11.8 Å². The molecule has 1 aliphatic rings. The second-order valence-electron chi connectivity index (χ2n) is 6.57. The Morgan fingerprint density at radius 1 is 1.42 bits per heavy atom. The number of nitrogens with zero attached hydrogens (tertiary/aromatic N) is 1. The quantitative estimate of drug-likeness (QED) is 0.726. The molecule has 0 amide bonds. The molecule has 3 atom stereocenters. The van der Waals surface area contributed by atoms with Gasteiger partial charge < -0.3 is 19.8 Å². The normalized spacial score (nSPS) is 21.6. The Labute approximate surface area is 149 Å². The van der Waals surface area contributed by atoms with Crippen LogP contribution in [-0.2, 0) is 0 Å². The number of alkyl halides is 2. The lowest BCUT2D eigenvalue weighted by Crippen LogP contribution is -2.42. The molecule has 3 N–H and O–H groups in total. The lowest BCUT2D eigenvalue weighted by molar-refractivity contribution is -0.0494. The van der Waals surface area contributed by atoms with Crippen LogP contribution in [0.4, 0.5) is 14.5 Å². The lowest BCUT2D eigenvalue weighted by atomic mass is 9.82. The Bertz CT molecular complexity index is 792. The molecule has 0 spiro atoms. The van der Waals surface area contributed by atoms with Crippen LogP contribution >= 0.6 is 0 Å². The third kappa shape index (κ3) is 4.21. The number of hydrogen-bond acceptors (Lipinski definition) is 6. The van der Waals surface area contributed by atoms with Crippen LogP contribution in [0.5, 0.6) is 5.75 Å². The molecule has 0 saturated carbocycles. The zero-order chi connectivity index (χ0) is 18.7. The second-order valence-corrected chi connectivity index (χ2v) is 6.57. The molecule has 1 aromatic carbocycles. The zero-order valence-corrected chi connectivity index (χ0v) is 14.6. The van der Waals surface area contributed by atoms with Crippen molar-refractivity contribution in [3.05, 3.63) is 28.7 Å². The number of rotatable bonds is 6. The predicted molar refractivity (Wildman–Crippen MR) is 92.4 cm³/mol. The summed E-state index contributed by atoms with van der Waals surface area (Å²) in [5, 5.41) is 12.6. The van der Waals surface area contributed by atoms with E-state index in [1.807, 2.05) is 6.92 Å². The third-order valence-electron chi connectivity index (χ3n) is 4.76. The van der Waals surface area contributed by atoms with E-state index in [4.69, 9.17) is 4.42 Å². The van der Waals surface area contributed by atoms with Gasteiger partial charge in [0.25, 0.3) is 0 Å². The first-order valence-electron chi connectivity index (χ1n) is 8.56. The maximum Gasteiger partial charge on any atom is 0.434 e. The van der Waals surface area contributed by atoms with Gasteiger partial charge in [-0.15, -0.1) is 5.10 Å². The predicted octanol–water partition coefficient (Wildman–Crippen LogP) is 2.68. The van der Waals surface area contributed by atoms with Crippen molar-refractivity contribution in [1.82, 2.24) is 15.5 Å². The summed E-state index contributed by atoms with van der Waals surface area (Å²) >= 11 is 0. The van der Waals surface area contributed by atoms with Crippen LogP contribution in [0.1, 0.15) is 20.3 Å². The van der Waals surface area contributed by atoms with Crippen LogP contribution in [0.2, 0.25) is 0 Å². The van der Waals surface area contributed by atoms with Gasteiger partial charge in [0, 0.05) is 11.6 Å². The molecule has 1 saturated heterocycles. The van der Waals surface area contributed by atoms with Crippen LogP contribution < -0.4 is 21.1 Å². The molecule has 3 rings (SSSR count). The maximum absolute atomic E-state index is 12.7. The summed E-state index contributed by atoms with van der Waals surface area (Å²) in [5.41, 5.74) is 0.893. The SMILES string of the molecule is C[C@@H]1CNCC[C@@H]1[C@H](C)Nc1cc(-c2n[nH]c(=O)o2)ccc1OC(F)F. The number of aromatic amines is 1. The topological polar surface area (TPSA) is 92.2 Å². The average molecular weight is 368 g/mol. The van der Waals surface area contributed by atoms with E-state index in [-0.39, 0.29) is 17.7 Å². The van der Waals surface area contributed by atoms with Crippen LogP contribution in [0, 0.1) is 11.8 Å². The first-order chi connectivity index (χ1) is 12.4. The van der Waals surface area contributed by atoms with E-state index < -0.39 is 12.4 Å². The van der Waals surface area contributed by atoms with Gasteiger partial charge in [0.15, 0.2) is 0 Å². The molecule has 7 nitrogen and oxygen atoms in total. The highest BCUT2D eigenvalue weighted by Gasteiger charge is 2.27. The first kappa shape index (κ1) is 18.4. The molecule has 9 heteroatoms.